The molecule has 0 bridgehead atoms. The zero-order valence-electron chi connectivity index (χ0n) is 15.1. The summed E-state index contributed by atoms with van der Waals surface area (Å²) in [4.78, 5) is 14.7. The summed E-state index contributed by atoms with van der Waals surface area (Å²) in [5, 5.41) is 12.3. The fourth-order valence-corrected chi connectivity index (χ4v) is 4.68. The predicted molar refractivity (Wildman–Crippen MR) is 106 cm³/mol. The summed E-state index contributed by atoms with van der Waals surface area (Å²) in [6, 6.07) is 8.18. The standard InChI is InChI=1S/C18H24N4O2S2/c1-3-10-19-17-20-21-18(26-17)25-12-16(23)22-11-4-5-15(22)13-6-8-14(24-2)9-7-13/h6-9,15H,3-5,10-12H2,1-2H3,(H,19,20). The normalized spacial score (nSPS) is 16.7. The molecule has 1 N–H and O–H groups in total. The molecule has 3 rings (SSSR count). The molecule has 2 heterocycles. The number of likely N-dealkylation sites (tertiary alicyclic amines) is 1. The minimum absolute atomic E-state index is 0.158. The first kappa shape index (κ1) is 19.0. The predicted octanol–water partition coefficient (Wildman–Crippen LogP) is 3.82. The first-order chi connectivity index (χ1) is 12.7. The Hall–Kier alpha value is -1.80. The molecule has 0 aliphatic carbocycles. The quantitative estimate of drug-likeness (QED) is 0.689. The van der Waals surface area contributed by atoms with Crippen molar-refractivity contribution in [2.24, 2.45) is 0 Å². The number of hydrogen-bond acceptors (Lipinski definition) is 7. The van der Waals surface area contributed by atoms with Crippen molar-refractivity contribution in [1.82, 2.24) is 15.1 Å². The second kappa shape index (κ2) is 9.23. The van der Waals surface area contributed by atoms with Crippen LogP contribution in [0.15, 0.2) is 28.6 Å². The van der Waals surface area contributed by atoms with Crippen LogP contribution in [0.4, 0.5) is 5.13 Å². The molecular weight excluding hydrogens is 368 g/mol. The Balaban J connectivity index is 1.56. The van der Waals surface area contributed by atoms with Gasteiger partial charge in [-0.1, -0.05) is 42.2 Å². The highest BCUT2D eigenvalue weighted by Crippen LogP contribution is 2.34. The molecule has 1 aliphatic rings. The summed E-state index contributed by atoms with van der Waals surface area (Å²) in [7, 11) is 1.66. The Morgan fingerprint density at radius 3 is 2.92 bits per heavy atom. The van der Waals surface area contributed by atoms with E-state index in [0.29, 0.717) is 5.75 Å². The molecule has 0 saturated carbocycles. The third kappa shape index (κ3) is 4.67. The minimum atomic E-state index is 0.158. The average Bonchev–Trinajstić information content (AvgIpc) is 3.34. The second-order valence-electron chi connectivity index (χ2n) is 6.11. The molecule has 1 aliphatic heterocycles. The van der Waals surface area contributed by atoms with Gasteiger partial charge in [-0.15, -0.1) is 10.2 Å². The maximum atomic E-state index is 12.7. The van der Waals surface area contributed by atoms with E-state index in [2.05, 4.69) is 34.6 Å². The molecule has 1 fully saturated rings. The van der Waals surface area contributed by atoms with Crippen molar-refractivity contribution in [2.45, 2.75) is 36.6 Å². The van der Waals surface area contributed by atoms with Gasteiger partial charge in [-0.05, 0) is 37.0 Å². The van der Waals surface area contributed by atoms with Crippen molar-refractivity contribution in [2.75, 3.05) is 31.3 Å². The number of amides is 1. The van der Waals surface area contributed by atoms with Crippen molar-refractivity contribution < 1.29 is 9.53 Å². The number of anilines is 1. The first-order valence-corrected chi connectivity index (χ1v) is 10.6. The van der Waals surface area contributed by atoms with E-state index in [1.807, 2.05) is 17.0 Å². The molecule has 6 nitrogen and oxygen atoms in total. The Bertz CT molecular complexity index is 720. The number of benzene rings is 1. The van der Waals surface area contributed by atoms with E-state index < -0.39 is 0 Å². The van der Waals surface area contributed by atoms with Gasteiger partial charge in [0.25, 0.3) is 0 Å². The van der Waals surface area contributed by atoms with E-state index in [9.17, 15) is 4.79 Å². The Morgan fingerprint density at radius 1 is 1.38 bits per heavy atom. The smallest absolute Gasteiger partial charge is 0.233 e. The number of aromatic nitrogens is 2. The van der Waals surface area contributed by atoms with Gasteiger partial charge in [0, 0.05) is 13.1 Å². The van der Waals surface area contributed by atoms with Gasteiger partial charge in [-0.25, -0.2) is 0 Å². The third-order valence-corrected chi connectivity index (χ3v) is 6.32. The molecule has 1 atom stereocenters. The highest BCUT2D eigenvalue weighted by Gasteiger charge is 2.29. The molecule has 1 amide bonds. The number of hydrogen-bond donors (Lipinski definition) is 1. The summed E-state index contributed by atoms with van der Waals surface area (Å²) in [5.74, 6) is 1.39. The van der Waals surface area contributed by atoms with E-state index in [1.165, 1.54) is 28.7 Å². The molecule has 140 valence electrons. The fraction of sp³-hybridized carbons (Fsp3) is 0.500. The molecule has 1 unspecified atom stereocenters. The van der Waals surface area contributed by atoms with Crippen LogP contribution in [0.5, 0.6) is 5.75 Å². The van der Waals surface area contributed by atoms with Crippen LogP contribution in [-0.4, -0.2) is 47.0 Å². The van der Waals surface area contributed by atoms with Crippen LogP contribution in [0.1, 0.15) is 37.8 Å². The van der Waals surface area contributed by atoms with Crippen LogP contribution in [-0.2, 0) is 4.79 Å². The lowest BCUT2D eigenvalue weighted by atomic mass is 10.0. The molecule has 1 aromatic carbocycles. The number of carbonyl (C=O) groups excluding carboxylic acids is 1. The van der Waals surface area contributed by atoms with Gasteiger partial charge in [0.15, 0.2) is 4.34 Å². The van der Waals surface area contributed by atoms with Gasteiger partial charge in [-0.2, -0.15) is 0 Å². The number of rotatable bonds is 8. The van der Waals surface area contributed by atoms with E-state index in [0.717, 1.165) is 47.6 Å². The monoisotopic (exact) mass is 392 g/mol. The summed E-state index contributed by atoms with van der Waals surface area (Å²) < 4.78 is 6.05. The summed E-state index contributed by atoms with van der Waals surface area (Å²) in [6.45, 7) is 3.81. The van der Waals surface area contributed by atoms with Crippen molar-refractivity contribution in [1.29, 1.82) is 0 Å². The van der Waals surface area contributed by atoms with Crippen LogP contribution >= 0.6 is 23.1 Å². The second-order valence-corrected chi connectivity index (χ2v) is 8.31. The molecule has 2 aromatic rings. The molecule has 1 saturated heterocycles. The number of nitrogens with zero attached hydrogens (tertiary/aromatic N) is 3. The topological polar surface area (TPSA) is 67.4 Å². The average molecular weight is 393 g/mol. The molecule has 8 heteroatoms. The van der Waals surface area contributed by atoms with Crippen molar-refractivity contribution in [3.8, 4) is 5.75 Å². The van der Waals surface area contributed by atoms with E-state index in [4.69, 9.17) is 4.74 Å². The number of methoxy groups -OCH3 is 1. The maximum absolute atomic E-state index is 12.7. The Kier molecular flexibility index (Phi) is 6.73. The van der Waals surface area contributed by atoms with E-state index >= 15 is 0 Å². The van der Waals surface area contributed by atoms with E-state index in [-0.39, 0.29) is 11.9 Å². The van der Waals surface area contributed by atoms with Crippen LogP contribution in [0.2, 0.25) is 0 Å². The SMILES string of the molecule is CCCNc1nnc(SCC(=O)N2CCCC2c2ccc(OC)cc2)s1. The van der Waals surface area contributed by atoms with Gasteiger partial charge in [0.05, 0.1) is 18.9 Å². The highest BCUT2D eigenvalue weighted by molar-refractivity contribution is 8.01. The van der Waals surface area contributed by atoms with Gasteiger partial charge < -0.3 is 15.0 Å². The summed E-state index contributed by atoms with van der Waals surface area (Å²) in [6.07, 6.45) is 3.09. The minimum Gasteiger partial charge on any atom is -0.497 e. The van der Waals surface area contributed by atoms with Crippen LogP contribution < -0.4 is 10.1 Å². The number of thioether (sulfide) groups is 1. The maximum Gasteiger partial charge on any atom is 0.233 e. The molecule has 1 aromatic heterocycles. The zero-order chi connectivity index (χ0) is 18.4. The molecule has 0 radical (unpaired) electrons. The lowest BCUT2D eigenvalue weighted by Crippen LogP contribution is -2.31. The summed E-state index contributed by atoms with van der Waals surface area (Å²) >= 11 is 2.97. The number of carbonyl (C=O) groups is 1. The Labute approximate surface area is 162 Å². The molecular formula is C18H24N4O2S2. The van der Waals surface area contributed by atoms with Crippen molar-refractivity contribution in [3.05, 3.63) is 29.8 Å². The number of nitrogens with one attached hydrogen (secondary N) is 1. The third-order valence-electron chi connectivity index (χ3n) is 4.33. The van der Waals surface area contributed by atoms with Gasteiger partial charge in [-0.3, -0.25) is 4.79 Å². The Morgan fingerprint density at radius 2 is 2.19 bits per heavy atom. The van der Waals surface area contributed by atoms with Crippen LogP contribution in [0, 0.1) is 0 Å². The largest absolute Gasteiger partial charge is 0.497 e. The van der Waals surface area contributed by atoms with Crippen molar-refractivity contribution in [3.63, 3.8) is 0 Å². The first-order valence-electron chi connectivity index (χ1n) is 8.85. The lowest BCUT2D eigenvalue weighted by molar-refractivity contribution is -0.129. The molecule has 0 spiro atoms. The van der Waals surface area contributed by atoms with Gasteiger partial charge in [0.1, 0.15) is 5.75 Å². The highest BCUT2D eigenvalue weighted by atomic mass is 32.2. The fourth-order valence-electron chi connectivity index (χ4n) is 3.02. The van der Waals surface area contributed by atoms with Crippen LogP contribution in [0.3, 0.4) is 0 Å². The van der Waals surface area contributed by atoms with Crippen molar-refractivity contribution >= 4 is 34.1 Å². The van der Waals surface area contributed by atoms with E-state index in [1.54, 1.807) is 7.11 Å². The zero-order valence-corrected chi connectivity index (χ0v) is 16.7. The van der Waals surface area contributed by atoms with Gasteiger partial charge in [0.2, 0.25) is 11.0 Å². The number of ether oxygens (including phenoxy) is 1. The summed E-state index contributed by atoms with van der Waals surface area (Å²) in [5.41, 5.74) is 1.17. The lowest BCUT2D eigenvalue weighted by Gasteiger charge is -2.25. The van der Waals surface area contributed by atoms with Gasteiger partial charge >= 0.3 is 0 Å². The molecule has 26 heavy (non-hydrogen) atoms. The van der Waals surface area contributed by atoms with Crippen LogP contribution in [0.25, 0.3) is 0 Å².